The molecule has 0 heterocycles. The average Bonchev–Trinajstić information content (AvgIpc) is 2.17. The molecule has 14 heavy (non-hydrogen) atoms. The zero-order valence-electron chi connectivity index (χ0n) is 8.65. The number of carbonyl (C=O) groups is 1. The molecule has 0 aliphatic carbocycles. The zero-order valence-corrected chi connectivity index (χ0v) is 8.65. The second-order valence-corrected chi connectivity index (χ2v) is 3.17. The summed E-state index contributed by atoms with van der Waals surface area (Å²) in [7, 11) is 0. The van der Waals surface area contributed by atoms with Gasteiger partial charge in [-0.25, -0.2) is 0 Å². The van der Waals surface area contributed by atoms with Crippen LogP contribution in [0.3, 0.4) is 0 Å². The molecule has 5 nitrogen and oxygen atoms in total. The van der Waals surface area contributed by atoms with E-state index in [-0.39, 0.29) is 32.2 Å². The first-order chi connectivity index (χ1) is 6.67. The largest absolute Gasteiger partial charge is 0.395 e. The van der Waals surface area contributed by atoms with Crippen molar-refractivity contribution in [1.29, 1.82) is 0 Å². The maximum atomic E-state index is 11.6. The minimum absolute atomic E-state index is 0.107. The fraction of sp³-hybridized carbons (Fsp3) is 0.889. The van der Waals surface area contributed by atoms with E-state index in [9.17, 15) is 4.79 Å². The van der Waals surface area contributed by atoms with Crippen molar-refractivity contribution in [3.8, 4) is 0 Å². The Labute approximate surface area is 84.5 Å². The molecule has 0 aromatic heterocycles. The fourth-order valence-corrected chi connectivity index (χ4v) is 1.24. The summed E-state index contributed by atoms with van der Waals surface area (Å²) in [6.45, 7) is 2.21. The Morgan fingerprint density at radius 1 is 1.36 bits per heavy atom. The van der Waals surface area contributed by atoms with Gasteiger partial charge in [0.1, 0.15) is 0 Å². The predicted molar refractivity (Wildman–Crippen MR) is 53.6 cm³/mol. The molecule has 0 radical (unpaired) electrons. The van der Waals surface area contributed by atoms with Gasteiger partial charge in [0, 0.05) is 13.1 Å². The van der Waals surface area contributed by atoms with Crippen molar-refractivity contribution in [3.63, 3.8) is 0 Å². The van der Waals surface area contributed by atoms with Crippen LogP contribution in [-0.4, -0.2) is 53.4 Å². The Morgan fingerprint density at radius 3 is 2.21 bits per heavy atom. The minimum atomic E-state index is -0.516. The van der Waals surface area contributed by atoms with Crippen LogP contribution in [0.4, 0.5) is 0 Å². The average molecular weight is 204 g/mol. The van der Waals surface area contributed by atoms with Crippen molar-refractivity contribution in [1.82, 2.24) is 4.90 Å². The summed E-state index contributed by atoms with van der Waals surface area (Å²) in [5, 5.41) is 17.4. The number of hydrogen-bond acceptors (Lipinski definition) is 4. The predicted octanol–water partition coefficient (Wildman–Crippen LogP) is -1.07. The third-order valence-electron chi connectivity index (χ3n) is 1.97. The lowest BCUT2D eigenvalue weighted by molar-refractivity contribution is -0.133. The maximum Gasteiger partial charge on any atom is 0.239 e. The molecule has 1 atom stereocenters. The van der Waals surface area contributed by atoms with Crippen LogP contribution in [0.5, 0.6) is 0 Å². The topological polar surface area (TPSA) is 86.8 Å². The van der Waals surface area contributed by atoms with E-state index in [1.165, 1.54) is 4.90 Å². The van der Waals surface area contributed by atoms with Gasteiger partial charge in [-0.15, -0.1) is 0 Å². The first-order valence-corrected chi connectivity index (χ1v) is 4.93. The van der Waals surface area contributed by atoms with Crippen molar-refractivity contribution < 1.29 is 15.0 Å². The van der Waals surface area contributed by atoms with Crippen LogP contribution < -0.4 is 5.73 Å². The van der Waals surface area contributed by atoms with E-state index >= 15 is 0 Å². The van der Waals surface area contributed by atoms with E-state index in [0.29, 0.717) is 6.42 Å². The summed E-state index contributed by atoms with van der Waals surface area (Å²) in [6.07, 6.45) is 1.48. The van der Waals surface area contributed by atoms with E-state index in [1.807, 2.05) is 6.92 Å². The number of nitrogens with zero attached hydrogens (tertiary/aromatic N) is 1. The molecule has 0 bridgehead atoms. The molecular formula is C9H20N2O3. The number of aliphatic hydroxyl groups excluding tert-OH is 2. The molecule has 0 spiro atoms. The molecule has 0 aromatic carbocycles. The van der Waals surface area contributed by atoms with E-state index in [0.717, 1.165) is 6.42 Å². The zero-order chi connectivity index (χ0) is 11.0. The van der Waals surface area contributed by atoms with E-state index < -0.39 is 6.04 Å². The Kier molecular flexibility index (Phi) is 7.37. The molecule has 84 valence electrons. The molecule has 0 aliphatic rings. The van der Waals surface area contributed by atoms with Gasteiger partial charge in [-0.2, -0.15) is 0 Å². The maximum absolute atomic E-state index is 11.6. The molecule has 0 aromatic rings. The lowest BCUT2D eigenvalue weighted by Crippen LogP contribution is -2.46. The smallest absolute Gasteiger partial charge is 0.239 e. The molecule has 0 fully saturated rings. The highest BCUT2D eigenvalue weighted by molar-refractivity contribution is 5.81. The number of carbonyl (C=O) groups excluding carboxylic acids is 1. The van der Waals surface area contributed by atoms with Gasteiger partial charge in [0.05, 0.1) is 19.3 Å². The molecule has 1 amide bonds. The van der Waals surface area contributed by atoms with E-state index in [1.54, 1.807) is 0 Å². The quantitative estimate of drug-likeness (QED) is 0.492. The molecule has 1 unspecified atom stereocenters. The third-order valence-corrected chi connectivity index (χ3v) is 1.97. The van der Waals surface area contributed by atoms with Gasteiger partial charge in [-0.1, -0.05) is 13.3 Å². The van der Waals surface area contributed by atoms with Gasteiger partial charge in [0.2, 0.25) is 5.91 Å². The van der Waals surface area contributed by atoms with Crippen molar-refractivity contribution in [2.45, 2.75) is 25.8 Å². The van der Waals surface area contributed by atoms with Gasteiger partial charge in [0.15, 0.2) is 0 Å². The highest BCUT2D eigenvalue weighted by atomic mass is 16.3. The summed E-state index contributed by atoms with van der Waals surface area (Å²) in [5.41, 5.74) is 5.63. The van der Waals surface area contributed by atoms with Gasteiger partial charge in [0.25, 0.3) is 0 Å². The molecule has 4 N–H and O–H groups in total. The van der Waals surface area contributed by atoms with Gasteiger partial charge in [-0.05, 0) is 6.42 Å². The number of aliphatic hydroxyl groups is 2. The Hall–Kier alpha value is -0.650. The van der Waals surface area contributed by atoms with Crippen molar-refractivity contribution >= 4 is 5.91 Å². The third kappa shape index (κ3) is 4.55. The molecule has 0 saturated heterocycles. The monoisotopic (exact) mass is 204 g/mol. The molecule has 5 heteroatoms. The molecule has 0 rings (SSSR count). The lowest BCUT2D eigenvalue weighted by Gasteiger charge is -2.23. The SMILES string of the molecule is CCCC(N)C(=O)N(CCO)CCO. The Balaban J connectivity index is 4.11. The van der Waals surface area contributed by atoms with E-state index in [2.05, 4.69) is 0 Å². The second kappa shape index (κ2) is 7.73. The molecule has 0 saturated carbocycles. The number of nitrogens with two attached hydrogens (primary N) is 1. The van der Waals surface area contributed by atoms with Crippen LogP contribution in [0.2, 0.25) is 0 Å². The summed E-state index contributed by atoms with van der Waals surface area (Å²) in [4.78, 5) is 13.0. The number of rotatable bonds is 7. The van der Waals surface area contributed by atoms with Crippen LogP contribution in [0.25, 0.3) is 0 Å². The first kappa shape index (κ1) is 13.4. The highest BCUT2D eigenvalue weighted by Crippen LogP contribution is 1.99. The van der Waals surface area contributed by atoms with Gasteiger partial charge in [-0.3, -0.25) is 4.79 Å². The van der Waals surface area contributed by atoms with E-state index in [4.69, 9.17) is 15.9 Å². The van der Waals surface area contributed by atoms with Crippen LogP contribution in [0.15, 0.2) is 0 Å². The van der Waals surface area contributed by atoms with Crippen molar-refractivity contribution in [3.05, 3.63) is 0 Å². The standard InChI is InChI=1S/C9H20N2O3/c1-2-3-8(10)9(14)11(4-6-12)5-7-13/h8,12-13H,2-7,10H2,1H3. The molecule has 0 aliphatic heterocycles. The van der Waals surface area contributed by atoms with Crippen molar-refractivity contribution in [2.75, 3.05) is 26.3 Å². The van der Waals surface area contributed by atoms with Crippen LogP contribution in [0, 0.1) is 0 Å². The van der Waals surface area contributed by atoms with Gasteiger partial charge < -0.3 is 20.8 Å². The number of hydrogen-bond donors (Lipinski definition) is 3. The highest BCUT2D eigenvalue weighted by Gasteiger charge is 2.18. The summed E-state index contributed by atoms with van der Waals surface area (Å²) in [5.74, 6) is -0.199. The Bertz CT molecular complexity index is 158. The summed E-state index contributed by atoms with van der Waals surface area (Å²) in [6, 6.07) is -0.516. The van der Waals surface area contributed by atoms with Crippen molar-refractivity contribution in [2.24, 2.45) is 5.73 Å². The number of amides is 1. The van der Waals surface area contributed by atoms with Crippen LogP contribution in [-0.2, 0) is 4.79 Å². The normalized spacial score (nSPS) is 12.6. The summed E-state index contributed by atoms with van der Waals surface area (Å²) >= 11 is 0. The summed E-state index contributed by atoms with van der Waals surface area (Å²) < 4.78 is 0. The van der Waals surface area contributed by atoms with Gasteiger partial charge >= 0.3 is 0 Å². The fourth-order valence-electron chi connectivity index (χ4n) is 1.24. The van der Waals surface area contributed by atoms with Crippen LogP contribution >= 0.6 is 0 Å². The first-order valence-electron chi connectivity index (χ1n) is 4.93. The Morgan fingerprint density at radius 2 is 1.86 bits per heavy atom. The lowest BCUT2D eigenvalue weighted by atomic mass is 10.1. The van der Waals surface area contributed by atoms with Crippen LogP contribution in [0.1, 0.15) is 19.8 Å². The minimum Gasteiger partial charge on any atom is -0.395 e. The molecular weight excluding hydrogens is 184 g/mol. The second-order valence-electron chi connectivity index (χ2n) is 3.17.